The van der Waals surface area contributed by atoms with E-state index in [0.717, 1.165) is 31.2 Å². The highest BCUT2D eigenvalue weighted by atomic mass is 35.5. The van der Waals surface area contributed by atoms with Gasteiger partial charge in [0.2, 0.25) is 0 Å². The Kier molecular flexibility index (Phi) is 6.24. The Balaban J connectivity index is 2.02. The molecule has 2 rings (SSSR count). The van der Waals surface area contributed by atoms with Crippen LogP contribution in [0.25, 0.3) is 0 Å². The number of nitrogens with zero attached hydrogens (tertiary/aromatic N) is 2. The van der Waals surface area contributed by atoms with Gasteiger partial charge in [-0.05, 0) is 37.4 Å². The molecule has 21 heavy (non-hydrogen) atoms. The van der Waals surface area contributed by atoms with Crippen molar-refractivity contribution in [1.29, 1.82) is 0 Å². The van der Waals surface area contributed by atoms with Crippen molar-refractivity contribution in [3.8, 4) is 0 Å². The van der Waals surface area contributed by atoms with Gasteiger partial charge < -0.3 is 4.90 Å². The molecule has 0 radical (unpaired) electrons. The quantitative estimate of drug-likeness (QED) is 0.765. The lowest BCUT2D eigenvalue weighted by atomic mass is 10.1. The average Bonchev–Trinajstić information content (AvgIpc) is 2.48. The minimum Gasteiger partial charge on any atom is -0.308 e. The Morgan fingerprint density at radius 2 is 1.33 bits per heavy atom. The highest BCUT2D eigenvalue weighted by Gasteiger charge is 2.07. The molecule has 3 heteroatoms. The molecule has 0 fully saturated rings. The van der Waals surface area contributed by atoms with Crippen molar-refractivity contribution in [3.63, 3.8) is 0 Å². The van der Waals surface area contributed by atoms with Crippen LogP contribution in [-0.4, -0.2) is 37.0 Å². The number of halogens is 1. The van der Waals surface area contributed by atoms with Gasteiger partial charge in [0.15, 0.2) is 0 Å². The van der Waals surface area contributed by atoms with E-state index in [1.165, 1.54) is 11.1 Å². The number of hydrogen-bond acceptors (Lipinski definition) is 2. The van der Waals surface area contributed by atoms with E-state index >= 15 is 0 Å². The van der Waals surface area contributed by atoms with Gasteiger partial charge in [0, 0.05) is 31.2 Å². The predicted octanol–water partition coefficient (Wildman–Crippen LogP) is 3.90. The van der Waals surface area contributed by atoms with Gasteiger partial charge in [-0.2, -0.15) is 0 Å². The molecule has 0 aliphatic carbocycles. The molecule has 2 nitrogen and oxygen atoms in total. The van der Waals surface area contributed by atoms with E-state index in [0.29, 0.717) is 0 Å². The fourth-order valence-electron chi connectivity index (χ4n) is 2.25. The van der Waals surface area contributed by atoms with Crippen LogP contribution < -0.4 is 0 Å². The Labute approximate surface area is 133 Å². The monoisotopic (exact) mass is 302 g/mol. The first-order chi connectivity index (χ1) is 10.1. The van der Waals surface area contributed by atoms with Crippen molar-refractivity contribution in [3.05, 3.63) is 70.7 Å². The third kappa shape index (κ3) is 5.88. The number of rotatable bonds is 7. The molecule has 0 amide bonds. The fourth-order valence-corrected chi connectivity index (χ4v) is 2.37. The molecule has 0 spiro atoms. The lowest BCUT2D eigenvalue weighted by Gasteiger charge is -2.24. The number of hydrogen-bond donors (Lipinski definition) is 0. The second-order valence-electron chi connectivity index (χ2n) is 5.63. The van der Waals surface area contributed by atoms with E-state index in [-0.39, 0.29) is 0 Å². The lowest BCUT2D eigenvalue weighted by Crippen LogP contribution is -2.31. The van der Waals surface area contributed by atoms with Gasteiger partial charge in [-0.25, -0.2) is 0 Å². The van der Waals surface area contributed by atoms with E-state index in [2.05, 4.69) is 66.4 Å². The highest BCUT2D eigenvalue weighted by molar-refractivity contribution is 6.30. The zero-order valence-electron chi connectivity index (χ0n) is 12.8. The molecule has 0 aliphatic heterocycles. The van der Waals surface area contributed by atoms with E-state index in [9.17, 15) is 0 Å². The minimum absolute atomic E-state index is 0.793. The van der Waals surface area contributed by atoms with Crippen molar-refractivity contribution in [2.24, 2.45) is 0 Å². The van der Waals surface area contributed by atoms with Crippen LogP contribution >= 0.6 is 11.6 Å². The molecule has 0 bridgehead atoms. The topological polar surface area (TPSA) is 6.48 Å². The summed E-state index contributed by atoms with van der Waals surface area (Å²) in [6.45, 7) is 4.02. The van der Waals surface area contributed by atoms with Gasteiger partial charge in [-0.15, -0.1) is 0 Å². The van der Waals surface area contributed by atoms with Gasteiger partial charge in [0.25, 0.3) is 0 Å². The molecule has 2 aromatic rings. The van der Waals surface area contributed by atoms with Crippen LogP contribution in [0, 0.1) is 0 Å². The maximum absolute atomic E-state index is 5.96. The molecular formula is C18H23ClN2. The second-order valence-corrected chi connectivity index (χ2v) is 6.06. The minimum atomic E-state index is 0.793. The maximum Gasteiger partial charge on any atom is 0.0406 e. The first kappa shape index (κ1) is 16.0. The largest absolute Gasteiger partial charge is 0.308 e. The predicted molar refractivity (Wildman–Crippen MR) is 90.6 cm³/mol. The van der Waals surface area contributed by atoms with Crippen LogP contribution in [0.4, 0.5) is 0 Å². The van der Waals surface area contributed by atoms with Crippen molar-refractivity contribution in [2.75, 3.05) is 27.2 Å². The summed E-state index contributed by atoms with van der Waals surface area (Å²) in [6, 6.07) is 18.8. The average molecular weight is 303 g/mol. The second kappa shape index (κ2) is 8.18. The Hall–Kier alpha value is -1.35. The van der Waals surface area contributed by atoms with Gasteiger partial charge >= 0.3 is 0 Å². The zero-order chi connectivity index (χ0) is 15.1. The van der Waals surface area contributed by atoms with Crippen LogP contribution in [-0.2, 0) is 13.1 Å². The third-order valence-electron chi connectivity index (χ3n) is 3.43. The maximum atomic E-state index is 5.96. The molecule has 0 saturated heterocycles. The number of benzene rings is 2. The smallest absolute Gasteiger partial charge is 0.0406 e. The highest BCUT2D eigenvalue weighted by Crippen LogP contribution is 2.13. The first-order valence-electron chi connectivity index (χ1n) is 7.29. The molecule has 0 aromatic heterocycles. The van der Waals surface area contributed by atoms with Crippen molar-refractivity contribution in [1.82, 2.24) is 9.80 Å². The summed E-state index contributed by atoms with van der Waals surface area (Å²) < 4.78 is 0. The van der Waals surface area contributed by atoms with Gasteiger partial charge in [-0.3, -0.25) is 4.90 Å². The molecule has 0 atom stereocenters. The Morgan fingerprint density at radius 3 is 1.90 bits per heavy atom. The molecule has 2 aromatic carbocycles. The Bertz CT molecular complexity index is 523. The summed E-state index contributed by atoms with van der Waals surface area (Å²) in [7, 11) is 4.23. The summed E-state index contributed by atoms with van der Waals surface area (Å²) in [5.41, 5.74) is 2.65. The summed E-state index contributed by atoms with van der Waals surface area (Å²) in [4.78, 5) is 4.69. The standard InChI is InChI=1S/C18H23ClN2/c1-20(2)12-13-21(14-16-6-4-3-5-7-16)15-17-8-10-18(19)11-9-17/h3-11H,12-15H2,1-2H3. The van der Waals surface area contributed by atoms with E-state index < -0.39 is 0 Å². The zero-order valence-corrected chi connectivity index (χ0v) is 13.6. The van der Waals surface area contributed by atoms with Crippen molar-refractivity contribution >= 4 is 11.6 Å². The first-order valence-corrected chi connectivity index (χ1v) is 7.67. The summed E-state index contributed by atoms with van der Waals surface area (Å²) in [5.74, 6) is 0. The molecule has 0 unspecified atom stereocenters. The lowest BCUT2D eigenvalue weighted by molar-refractivity contribution is 0.226. The van der Waals surface area contributed by atoms with Crippen LogP contribution in [0.5, 0.6) is 0 Å². The molecule has 0 heterocycles. The molecule has 0 saturated carbocycles. The van der Waals surface area contributed by atoms with E-state index in [4.69, 9.17) is 11.6 Å². The van der Waals surface area contributed by atoms with Crippen LogP contribution in [0.1, 0.15) is 11.1 Å². The van der Waals surface area contributed by atoms with E-state index in [1.54, 1.807) is 0 Å². The normalized spacial score (nSPS) is 11.3. The molecule has 0 aliphatic rings. The summed E-state index contributed by atoms with van der Waals surface area (Å²) >= 11 is 5.96. The molecule has 0 N–H and O–H groups in total. The van der Waals surface area contributed by atoms with Crippen LogP contribution in [0.3, 0.4) is 0 Å². The van der Waals surface area contributed by atoms with Gasteiger partial charge in [0.05, 0.1) is 0 Å². The van der Waals surface area contributed by atoms with Gasteiger partial charge in [-0.1, -0.05) is 54.1 Å². The summed E-state index contributed by atoms with van der Waals surface area (Å²) in [6.07, 6.45) is 0. The summed E-state index contributed by atoms with van der Waals surface area (Å²) in [5, 5.41) is 0.793. The third-order valence-corrected chi connectivity index (χ3v) is 3.68. The van der Waals surface area contributed by atoms with Crippen molar-refractivity contribution < 1.29 is 0 Å². The molecular weight excluding hydrogens is 280 g/mol. The van der Waals surface area contributed by atoms with Crippen LogP contribution in [0.2, 0.25) is 5.02 Å². The van der Waals surface area contributed by atoms with Crippen molar-refractivity contribution in [2.45, 2.75) is 13.1 Å². The SMILES string of the molecule is CN(C)CCN(Cc1ccccc1)Cc1ccc(Cl)cc1. The van der Waals surface area contributed by atoms with Gasteiger partial charge in [0.1, 0.15) is 0 Å². The molecule has 112 valence electrons. The van der Waals surface area contributed by atoms with Crippen LogP contribution in [0.15, 0.2) is 54.6 Å². The fraction of sp³-hybridized carbons (Fsp3) is 0.333. The number of likely N-dealkylation sites (N-methyl/N-ethyl adjacent to an activating group) is 1. The Morgan fingerprint density at radius 1 is 0.762 bits per heavy atom. The van der Waals surface area contributed by atoms with E-state index in [1.807, 2.05) is 12.1 Å².